The van der Waals surface area contributed by atoms with E-state index >= 15 is 0 Å². The largest absolute Gasteiger partial charge is 0.383 e. The van der Waals surface area contributed by atoms with E-state index in [9.17, 15) is 0 Å². The second-order valence-electron chi connectivity index (χ2n) is 3.21. The number of rotatable bonds is 2. The van der Waals surface area contributed by atoms with Gasteiger partial charge in [-0.15, -0.1) is 0 Å². The summed E-state index contributed by atoms with van der Waals surface area (Å²) in [6, 6.07) is 6.06. The fraction of sp³-hybridized carbons (Fsp3) is 0.182. The van der Waals surface area contributed by atoms with Gasteiger partial charge >= 0.3 is 0 Å². The maximum absolute atomic E-state index is 5.72. The monoisotopic (exact) mass is 186 g/mol. The van der Waals surface area contributed by atoms with Gasteiger partial charge in [0.25, 0.3) is 0 Å². The maximum atomic E-state index is 5.72. The van der Waals surface area contributed by atoms with Gasteiger partial charge in [0.1, 0.15) is 12.1 Å². The third-order valence-electron chi connectivity index (χ3n) is 2.20. The molecule has 0 saturated carbocycles. The van der Waals surface area contributed by atoms with Crippen molar-refractivity contribution < 1.29 is 0 Å². The lowest BCUT2D eigenvalue weighted by atomic mass is 10.1. The minimum atomic E-state index is 0.538. The summed E-state index contributed by atoms with van der Waals surface area (Å²) in [5.74, 6) is 0.538. The minimum absolute atomic E-state index is 0.538. The first kappa shape index (κ1) is 8.94. The molecule has 1 aromatic carbocycles. The highest BCUT2D eigenvalue weighted by Gasteiger charge is 2.00. The highest BCUT2D eigenvalue weighted by Crippen LogP contribution is 2.18. The van der Waals surface area contributed by atoms with Crippen molar-refractivity contribution in [2.75, 3.05) is 5.73 Å². The van der Waals surface area contributed by atoms with Gasteiger partial charge in [0.15, 0.2) is 0 Å². The summed E-state index contributed by atoms with van der Waals surface area (Å²) in [5.41, 5.74) is 7.86. The van der Waals surface area contributed by atoms with Crippen molar-refractivity contribution >= 4 is 16.7 Å². The van der Waals surface area contributed by atoms with Crippen LogP contribution >= 0.6 is 0 Å². The van der Waals surface area contributed by atoms with Crippen LogP contribution in [0.25, 0.3) is 10.9 Å². The van der Waals surface area contributed by atoms with E-state index in [1.807, 2.05) is 18.2 Å². The van der Waals surface area contributed by atoms with Gasteiger partial charge in [0.05, 0.1) is 5.52 Å². The summed E-state index contributed by atoms with van der Waals surface area (Å²) in [6.07, 6.45) is 3.36. The Balaban J connectivity index is 2.56. The Morgan fingerprint density at radius 1 is 1.29 bits per heavy atom. The van der Waals surface area contributed by atoms with Gasteiger partial charge in [-0.1, -0.05) is 13.0 Å². The average Bonchev–Trinajstić information content (AvgIpc) is 2.18. The van der Waals surface area contributed by atoms with E-state index in [1.165, 1.54) is 11.9 Å². The zero-order valence-electron chi connectivity index (χ0n) is 7.90. The molecule has 0 aliphatic rings. The number of hydrogen-bond donors (Lipinski definition) is 1. The zero-order valence-corrected chi connectivity index (χ0v) is 7.90. The van der Waals surface area contributed by atoms with Gasteiger partial charge in [-0.2, -0.15) is 0 Å². The molecule has 0 bridgehead atoms. The number of fused-ring (bicyclic) bond motifs is 1. The summed E-state index contributed by atoms with van der Waals surface area (Å²) in [4.78, 5) is 8.11. The molecule has 71 valence electrons. The van der Waals surface area contributed by atoms with Crippen LogP contribution in [0.2, 0.25) is 0 Å². The molecule has 0 spiro atoms. The molecule has 1 radical (unpaired) electrons. The number of nitrogens with zero attached hydrogens (tertiary/aromatic N) is 2. The van der Waals surface area contributed by atoms with E-state index in [0.29, 0.717) is 5.82 Å². The maximum Gasteiger partial charge on any atom is 0.134 e. The molecule has 0 aliphatic heterocycles. The smallest absolute Gasteiger partial charge is 0.134 e. The van der Waals surface area contributed by atoms with Crippen LogP contribution in [0.4, 0.5) is 5.82 Å². The number of anilines is 1. The van der Waals surface area contributed by atoms with Crippen LogP contribution in [0.1, 0.15) is 12.0 Å². The third-order valence-corrected chi connectivity index (χ3v) is 2.20. The molecule has 3 heteroatoms. The van der Waals surface area contributed by atoms with E-state index in [0.717, 1.165) is 23.7 Å². The van der Waals surface area contributed by atoms with Crippen molar-refractivity contribution in [2.45, 2.75) is 12.8 Å². The first-order valence-corrected chi connectivity index (χ1v) is 4.59. The summed E-state index contributed by atoms with van der Waals surface area (Å²) in [5, 5.41) is 0.917. The van der Waals surface area contributed by atoms with Crippen molar-refractivity contribution in [3.05, 3.63) is 37.0 Å². The van der Waals surface area contributed by atoms with Crippen LogP contribution in [0.5, 0.6) is 0 Å². The van der Waals surface area contributed by atoms with Crippen LogP contribution in [-0.4, -0.2) is 9.97 Å². The molecule has 0 aliphatic carbocycles. The predicted octanol–water partition coefficient (Wildman–Crippen LogP) is 1.98. The molecule has 2 aromatic rings. The Kier molecular flexibility index (Phi) is 2.31. The molecule has 14 heavy (non-hydrogen) atoms. The molecule has 2 rings (SSSR count). The normalized spacial score (nSPS) is 10.6. The molecule has 0 saturated heterocycles. The minimum Gasteiger partial charge on any atom is -0.383 e. The quantitative estimate of drug-likeness (QED) is 0.780. The van der Waals surface area contributed by atoms with Crippen LogP contribution in [-0.2, 0) is 6.42 Å². The van der Waals surface area contributed by atoms with Crippen LogP contribution in [0, 0.1) is 6.92 Å². The predicted molar refractivity (Wildman–Crippen MR) is 57.6 cm³/mol. The first-order chi connectivity index (χ1) is 6.81. The summed E-state index contributed by atoms with van der Waals surface area (Å²) in [7, 11) is 0. The molecule has 0 fully saturated rings. The third kappa shape index (κ3) is 1.53. The van der Waals surface area contributed by atoms with E-state index in [2.05, 4.69) is 16.9 Å². The number of benzene rings is 1. The van der Waals surface area contributed by atoms with Crippen LogP contribution in [0.3, 0.4) is 0 Å². The average molecular weight is 186 g/mol. The molecule has 3 nitrogen and oxygen atoms in total. The van der Waals surface area contributed by atoms with Crippen molar-refractivity contribution in [2.24, 2.45) is 0 Å². The molecule has 1 heterocycles. The fourth-order valence-corrected chi connectivity index (χ4v) is 1.48. The molecule has 1 aromatic heterocycles. The van der Waals surface area contributed by atoms with Gasteiger partial charge < -0.3 is 5.73 Å². The lowest BCUT2D eigenvalue weighted by molar-refractivity contribution is 1.00. The van der Waals surface area contributed by atoms with Crippen molar-refractivity contribution in [3.63, 3.8) is 0 Å². The van der Waals surface area contributed by atoms with E-state index in [-0.39, 0.29) is 0 Å². The van der Waals surface area contributed by atoms with Gasteiger partial charge in [-0.05, 0) is 30.5 Å². The molecule has 2 N–H and O–H groups in total. The molecule has 0 amide bonds. The number of aryl methyl sites for hydroxylation is 1. The Morgan fingerprint density at radius 2 is 2.14 bits per heavy atom. The summed E-state index contributed by atoms with van der Waals surface area (Å²) >= 11 is 0. The molecular weight excluding hydrogens is 174 g/mol. The molecular formula is C11H12N3. The number of nitrogen functional groups attached to an aromatic ring is 1. The second kappa shape index (κ2) is 3.62. The number of aromatic nitrogens is 2. The van der Waals surface area contributed by atoms with Crippen molar-refractivity contribution in [3.8, 4) is 0 Å². The van der Waals surface area contributed by atoms with Gasteiger partial charge in [0.2, 0.25) is 0 Å². The van der Waals surface area contributed by atoms with Crippen molar-refractivity contribution in [1.29, 1.82) is 0 Å². The highest BCUT2D eigenvalue weighted by molar-refractivity contribution is 5.87. The number of hydrogen-bond acceptors (Lipinski definition) is 3. The molecule has 0 atom stereocenters. The Bertz CT molecular complexity index is 451. The lowest BCUT2D eigenvalue weighted by Gasteiger charge is -2.02. The first-order valence-electron chi connectivity index (χ1n) is 4.59. The van der Waals surface area contributed by atoms with Crippen molar-refractivity contribution in [1.82, 2.24) is 9.97 Å². The highest BCUT2D eigenvalue weighted by atomic mass is 14.9. The van der Waals surface area contributed by atoms with E-state index in [1.54, 1.807) is 0 Å². The summed E-state index contributed by atoms with van der Waals surface area (Å²) in [6.45, 7) is 3.82. The number of nitrogens with two attached hydrogens (primary N) is 1. The Hall–Kier alpha value is -1.64. The standard InChI is InChI=1S/C11H12N3/c1-2-3-8-4-5-9-10(6-8)13-7-14-11(9)12/h4-7H,1-3H2,(H2,12,13,14). The topological polar surface area (TPSA) is 51.8 Å². The van der Waals surface area contributed by atoms with Gasteiger partial charge in [-0.25, -0.2) is 9.97 Å². The molecule has 0 unspecified atom stereocenters. The van der Waals surface area contributed by atoms with E-state index < -0.39 is 0 Å². The Morgan fingerprint density at radius 3 is 2.93 bits per heavy atom. The Labute approximate surface area is 83.0 Å². The summed E-state index contributed by atoms with van der Waals surface area (Å²) < 4.78 is 0. The van der Waals surface area contributed by atoms with Crippen LogP contribution < -0.4 is 5.73 Å². The van der Waals surface area contributed by atoms with E-state index in [4.69, 9.17) is 5.73 Å². The van der Waals surface area contributed by atoms with Gasteiger partial charge in [-0.3, -0.25) is 0 Å². The zero-order chi connectivity index (χ0) is 9.97. The van der Waals surface area contributed by atoms with Gasteiger partial charge in [0, 0.05) is 5.39 Å². The second-order valence-corrected chi connectivity index (χ2v) is 3.21. The fourth-order valence-electron chi connectivity index (χ4n) is 1.48. The van der Waals surface area contributed by atoms with Crippen LogP contribution in [0.15, 0.2) is 24.5 Å². The SMILES string of the molecule is [CH2]CCc1ccc2c(N)ncnc2c1. The lowest BCUT2D eigenvalue weighted by Crippen LogP contribution is -1.94.